The lowest BCUT2D eigenvalue weighted by Gasteiger charge is -2.20. The van der Waals surface area contributed by atoms with Crippen molar-refractivity contribution in [3.05, 3.63) is 133 Å². The van der Waals surface area contributed by atoms with Crippen molar-refractivity contribution < 1.29 is 9.47 Å². The van der Waals surface area contributed by atoms with Gasteiger partial charge in [0.05, 0.1) is 51.5 Å². The molecule has 214 valence electrons. The number of imidazole rings is 4. The van der Waals surface area contributed by atoms with E-state index in [2.05, 4.69) is 76.3 Å². The zero-order valence-electron chi connectivity index (χ0n) is 23.9. The molecular formula is C32H34N8O2. The molecule has 0 aliphatic carbocycles. The van der Waals surface area contributed by atoms with Crippen LogP contribution in [0.3, 0.4) is 0 Å². The van der Waals surface area contributed by atoms with E-state index in [1.54, 1.807) is 24.8 Å². The Kier molecular flexibility index (Phi) is 8.12. The summed E-state index contributed by atoms with van der Waals surface area (Å²) in [6.07, 6.45) is 22.3. The van der Waals surface area contributed by atoms with E-state index < -0.39 is 0 Å². The van der Waals surface area contributed by atoms with E-state index in [0.29, 0.717) is 39.4 Å². The highest BCUT2D eigenvalue weighted by atomic mass is 16.5. The Balaban J connectivity index is 1.24. The van der Waals surface area contributed by atoms with Crippen molar-refractivity contribution in [2.45, 2.75) is 40.0 Å². The van der Waals surface area contributed by atoms with Crippen molar-refractivity contribution in [2.75, 3.05) is 13.2 Å². The molecule has 0 saturated heterocycles. The highest BCUT2D eigenvalue weighted by molar-refractivity contribution is 5.46. The van der Waals surface area contributed by atoms with E-state index in [1.165, 1.54) is 11.1 Å². The van der Waals surface area contributed by atoms with Gasteiger partial charge < -0.3 is 27.7 Å². The maximum Gasteiger partial charge on any atom is 0.129 e. The van der Waals surface area contributed by atoms with Gasteiger partial charge in [-0.2, -0.15) is 0 Å². The average Bonchev–Trinajstić information content (AvgIpc) is 3.78. The molecule has 2 aromatic carbocycles. The smallest absolute Gasteiger partial charge is 0.129 e. The fourth-order valence-electron chi connectivity index (χ4n) is 5.29. The number of hydrogen-bond acceptors (Lipinski definition) is 6. The third-order valence-corrected chi connectivity index (χ3v) is 7.00. The Morgan fingerprint density at radius 1 is 0.476 bits per heavy atom. The summed E-state index contributed by atoms with van der Waals surface area (Å²) in [6.45, 7) is 7.66. The molecule has 10 nitrogen and oxygen atoms in total. The Labute approximate surface area is 244 Å². The van der Waals surface area contributed by atoms with Crippen LogP contribution in [0.4, 0.5) is 0 Å². The molecule has 4 aromatic heterocycles. The van der Waals surface area contributed by atoms with Crippen molar-refractivity contribution in [1.82, 2.24) is 38.2 Å². The first-order valence-electron chi connectivity index (χ1n) is 13.9. The lowest BCUT2D eigenvalue weighted by atomic mass is 10.0. The number of hydrogen-bond donors (Lipinski definition) is 0. The summed E-state index contributed by atoms with van der Waals surface area (Å²) in [6, 6.07) is 8.72. The van der Waals surface area contributed by atoms with Crippen LogP contribution in [0.25, 0.3) is 0 Å². The normalized spacial score (nSPS) is 11.2. The molecule has 42 heavy (non-hydrogen) atoms. The third-order valence-electron chi connectivity index (χ3n) is 7.00. The minimum atomic E-state index is 0.389. The van der Waals surface area contributed by atoms with Crippen molar-refractivity contribution in [2.24, 2.45) is 0 Å². The first-order chi connectivity index (χ1) is 20.6. The first kappa shape index (κ1) is 27.1. The quantitative estimate of drug-likeness (QED) is 0.189. The first-order valence-corrected chi connectivity index (χ1v) is 13.9. The third kappa shape index (κ3) is 6.60. The van der Waals surface area contributed by atoms with E-state index >= 15 is 0 Å². The Bertz CT molecular complexity index is 1450. The van der Waals surface area contributed by atoms with Gasteiger partial charge in [-0.25, -0.2) is 19.9 Å². The molecular weight excluding hydrogens is 528 g/mol. The van der Waals surface area contributed by atoms with Crippen LogP contribution in [0.1, 0.15) is 33.4 Å². The highest BCUT2D eigenvalue weighted by Gasteiger charge is 2.16. The van der Waals surface area contributed by atoms with Crippen molar-refractivity contribution in [3.63, 3.8) is 0 Å². The standard InChI is InChI=1S/C32H34N8O2/c1-25-13-27(17-37-7-3-33-21-37)31(28(14-25)18-38-8-4-34-22-38)41-11-12-42-32-29(19-39-9-5-35-23-39)15-26(2)16-30(32)20-40-10-6-36-24-40/h3-10,13-16,21-24H,11-12,17-20H2,1-2H3. The molecule has 0 amide bonds. The lowest BCUT2D eigenvalue weighted by molar-refractivity contribution is 0.211. The molecule has 0 atom stereocenters. The molecule has 0 fully saturated rings. The van der Waals surface area contributed by atoms with Crippen LogP contribution in [-0.4, -0.2) is 51.4 Å². The van der Waals surface area contributed by atoms with Crippen LogP contribution in [0.15, 0.2) is 99.1 Å². The number of benzene rings is 2. The number of ether oxygens (including phenoxy) is 2. The molecule has 0 spiro atoms. The van der Waals surface area contributed by atoms with E-state index in [9.17, 15) is 0 Å². The van der Waals surface area contributed by atoms with Gasteiger partial charge >= 0.3 is 0 Å². The van der Waals surface area contributed by atoms with E-state index in [0.717, 1.165) is 33.8 Å². The zero-order valence-corrected chi connectivity index (χ0v) is 23.9. The second-order valence-electron chi connectivity index (χ2n) is 10.5. The fourth-order valence-corrected chi connectivity index (χ4v) is 5.29. The minimum Gasteiger partial charge on any atom is -0.489 e. The molecule has 10 heteroatoms. The van der Waals surface area contributed by atoms with E-state index in [-0.39, 0.29) is 0 Å². The highest BCUT2D eigenvalue weighted by Crippen LogP contribution is 2.30. The van der Waals surface area contributed by atoms with Gasteiger partial charge in [-0.3, -0.25) is 0 Å². The maximum absolute atomic E-state index is 6.53. The number of nitrogens with zero attached hydrogens (tertiary/aromatic N) is 8. The molecule has 6 aromatic rings. The number of rotatable bonds is 13. The van der Waals surface area contributed by atoms with Gasteiger partial charge in [0.1, 0.15) is 24.7 Å². The molecule has 4 heterocycles. The SMILES string of the molecule is Cc1cc(Cn2ccnc2)c(OCCOc2c(Cn3ccnc3)cc(C)cc2Cn2ccnc2)c(Cn2ccnc2)c1. The molecule has 0 N–H and O–H groups in total. The summed E-state index contributed by atoms with van der Waals surface area (Å²) >= 11 is 0. The molecule has 0 saturated carbocycles. The van der Waals surface area contributed by atoms with Crippen molar-refractivity contribution in [3.8, 4) is 11.5 Å². The second kappa shape index (κ2) is 12.6. The fraction of sp³-hybridized carbons (Fsp3) is 0.250. The second-order valence-corrected chi connectivity index (χ2v) is 10.5. The molecule has 6 rings (SSSR count). The topological polar surface area (TPSA) is 89.7 Å². The van der Waals surface area contributed by atoms with Crippen LogP contribution in [0, 0.1) is 13.8 Å². The predicted octanol–water partition coefficient (Wildman–Crippen LogP) is 4.74. The van der Waals surface area contributed by atoms with Crippen LogP contribution in [0.2, 0.25) is 0 Å². The van der Waals surface area contributed by atoms with Crippen molar-refractivity contribution in [1.29, 1.82) is 0 Å². The monoisotopic (exact) mass is 562 g/mol. The van der Waals surface area contributed by atoms with Crippen LogP contribution < -0.4 is 9.47 Å². The summed E-state index contributed by atoms with van der Waals surface area (Å²) in [7, 11) is 0. The van der Waals surface area contributed by atoms with Gasteiger partial charge in [0, 0.05) is 71.8 Å². The summed E-state index contributed by atoms with van der Waals surface area (Å²) in [4.78, 5) is 16.9. The Hall–Kier alpha value is -5.12. The maximum atomic E-state index is 6.53. The van der Waals surface area contributed by atoms with Gasteiger partial charge in [0.2, 0.25) is 0 Å². The molecule has 0 radical (unpaired) electrons. The minimum absolute atomic E-state index is 0.389. The van der Waals surface area contributed by atoms with E-state index in [4.69, 9.17) is 9.47 Å². The summed E-state index contributed by atoms with van der Waals surface area (Å²) < 4.78 is 21.3. The van der Waals surface area contributed by atoms with Gasteiger partial charge in [0.25, 0.3) is 0 Å². The summed E-state index contributed by atoms with van der Waals surface area (Å²) in [5, 5.41) is 0. The number of aromatic nitrogens is 8. The van der Waals surface area contributed by atoms with Crippen LogP contribution in [-0.2, 0) is 26.2 Å². The van der Waals surface area contributed by atoms with Gasteiger partial charge in [-0.15, -0.1) is 0 Å². The predicted molar refractivity (Wildman–Crippen MR) is 159 cm³/mol. The van der Waals surface area contributed by atoms with Crippen LogP contribution >= 0.6 is 0 Å². The summed E-state index contributed by atoms with van der Waals surface area (Å²) in [5.74, 6) is 1.74. The van der Waals surface area contributed by atoms with Crippen LogP contribution in [0.5, 0.6) is 11.5 Å². The van der Waals surface area contributed by atoms with E-state index in [1.807, 2.05) is 50.1 Å². The Morgan fingerprint density at radius 3 is 1.00 bits per heavy atom. The average molecular weight is 563 g/mol. The Morgan fingerprint density at radius 2 is 0.762 bits per heavy atom. The number of aryl methyl sites for hydroxylation is 2. The van der Waals surface area contributed by atoms with Gasteiger partial charge in [-0.05, 0) is 13.8 Å². The largest absolute Gasteiger partial charge is 0.489 e. The van der Waals surface area contributed by atoms with Gasteiger partial charge in [0.15, 0.2) is 0 Å². The molecule has 0 bridgehead atoms. The van der Waals surface area contributed by atoms with Crippen molar-refractivity contribution >= 4 is 0 Å². The van der Waals surface area contributed by atoms with Gasteiger partial charge in [-0.1, -0.05) is 35.4 Å². The molecule has 0 aliphatic rings. The molecule has 0 unspecified atom stereocenters. The zero-order chi connectivity index (χ0) is 28.7. The molecule has 0 aliphatic heterocycles. The summed E-state index contributed by atoms with van der Waals surface area (Å²) in [5.41, 5.74) is 6.74. The lowest BCUT2D eigenvalue weighted by Crippen LogP contribution is -2.15.